The fourth-order valence-electron chi connectivity index (χ4n) is 2.26. The molecule has 0 spiro atoms. The highest BCUT2D eigenvalue weighted by molar-refractivity contribution is 5.80. The number of nitrogens with one attached hydrogen (secondary N) is 1. The average Bonchev–Trinajstić information content (AvgIpc) is 2.34. The highest BCUT2D eigenvalue weighted by atomic mass is 16.5. The molecule has 0 amide bonds. The van der Waals surface area contributed by atoms with Gasteiger partial charge in [0.15, 0.2) is 0 Å². The van der Waals surface area contributed by atoms with Crippen molar-refractivity contribution < 1.29 is 4.74 Å². The van der Waals surface area contributed by atoms with Crippen LogP contribution in [0.5, 0.6) is 0 Å². The maximum atomic E-state index is 5.51. The summed E-state index contributed by atoms with van der Waals surface area (Å²) >= 11 is 0. The van der Waals surface area contributed by atoms with Crippen molar-refractivity contribution in [3.8, 4) is 0 Å². The second kappa shape index (κ2) is 5.30. The minimum atomic E-state index is -0.287. The summed E-state index contributed by atoms with van der Waals surface area (Å²) in [7, 11) is 1.74. The van der Waals surface area contributed by atoms with Crippen LogP contribution >= 0.6 is 0 Å². The molecule has 0 aromatic carbocycles. The summed E-state index contributed by atoms with van der Waals surface area (Å²) in [6.45, 7) is 4.01. The molecule has 1 heterocycles. The third kappa shape index (κ3) is 2.59. The van der Waals surface area contributed by atoms with Crippen molar-refractivity contribution in [2.24, 2.45) is 15.5 Å². The second-order valence-corrected chi connectivity index (χ2v) is 4.70. The molecule has 0 bridgehead atoms. The number of hydrogen-bond acceptors (Lipinski definition) is 6. The Balaban J connectivity index is 2.28. The first-order valence-electron chi connectivity index (χ1n) is 6.03. The third-order valence-electron chi connectivity index (χ3n) is 3.26. The number of allylic oxidation sites excluding steroid dienone is 2. The van der Waals surface area contributed by atoms with E-state index in [0.29, 0.717) is 0 Å². The molecule has 2 unspecified atom stereocenters. The lowest BCUT2D eigenvalue weighted by Crippen LogP contribution is -2.48. The molecule has 1 aliphatic carbocycles. The first-order valence-corrected chi connectivity index (χ1v) is 6.03. The first-order chi connectivity index (χ1) is 8.65. The van der Waals surface area contributed by atoms with Gasteiger partial charge in [-0.2, -0.15) is 5.53 Å². The molecule has 2 aliphatic rings. The predicted octanol–water partition coefficient (Wildman–Crippen LogP) is 2.19. The van der Waals surface area contributed by atoms with Gasteiger partial charge >= 0.3 is 0 Å². The monoisotopic (exact) mass is 249 g/mol. The Morgan fingerprint density at radius 1 is 1.50 bits per heavy atom. The standard InChI is InChI=1S/C12H19N5O/c1-10-13-14-15-16-17(10)12(2)8-6-4-5-7-11(9-12)18-3/h4-6,8,11H,7,9H2,1-3H3,(H,14,16)/b5-4-,8-6-. The molecular formula is C12H19N5O. The van der Waals surface area contributed by atoms with Crippen molar-refractivity contribution in [3.63, 3.8) is 0 Å². The van der Waals surface area contributed by atoms with Crippen molar-refractivity contribution in [1.82, 2.24) is 10.5 Å². The number of methoxy groups -OCH3 is 1. The minimum absolute atomic E-state index is 0.161. The van der Waals surface area contributed by atoms with Gasteiger partial charge in [0.25, 0.3) is 0 Å². The Kier molecular flexibility index (Phi) is 3.76. The number of hydrogen-bond donors (Lipinski definition) is 1. The summed E-state index contributed by atoms with van der Waals surface area (Å²) in [5, 5.41) is 13.8. The van der Waals surface area contributed by atoms with E-state index in [1.54, 1.807) is 7.11 Å². The number of nitrogens with zero attached hydrogens (tertiary/aromatic N) is 4. The maximum absolute atomic E-state index is 5.51. The normalized spacial score (nSPS) is 35.2. The van der Waals surface area contributed by atoms with Gasteiger partial charge in [0.05, 0.1) is 11.6 Å². The molecule has 0 aromatic heterocycles. The van der Waals surface area contributed by atoms with Crippen LogP contribution in [0, 0.1) is 0 Å². The van der Waals surface area contributed by atoms with Crippen molar-refractivity contribution in [1.29, 1.82) is 0 Å². The van der Waals surface area contributed by atoms with Gasteiger partial charge in [0.2, 0.25) is 0 Å². The van der Waals surface area contributed by atoms with Crippen LogP contribution in [0.1, 0.15) is 26.7 Å². The van der Waals surface area contributed by atoms with Gasteiger partial charge in [-0.1, -0.05) is 24.3 Å². The molecule has 1 N–H and O–H groups in total. The van der Waals surface area contributed by atoms with E-state index in [1.807, 2.05) is 24.1 Å². The van der Waals surface area contributed by atoms with Crippen LogP contribution in [0.2, 0.25) is 0 Å². The van der Waals surface area contributed by atoms with Crippen LogP contribution < -0.4 is 5.53 Å². The summed E-state index contributed by atoms with van der Waals surface area (Å²) in [4.78, 5) is 0. The Bertz CT molecular complexity index is 415. The van der Waals surface area contributed by atoms with Crippen molar-refractivity contribution in [2.45, 2.75) is 38.3 Å². The highest BCUT2D eigenvalue weighted by Gasteiger charge is 2.35. The molecule has 2 atom stereocenters. The van der Waals surface area contributed by atoms with E-state index in [4.69, 9.17) is 4.74 Å². The number of rotatable bonds is 2. The topological polar surface area (TPSA) is 61.6 Å². The van der Waals surface area contributed by atoms with Crippen LogP contribution in [-0.4, -0.2) is 29.6 Å². The zero-order chi connectivity index (χ0) is 13.0. The Hall–Kier alpha value is -1.69. The zero-order valence-electron chi connectivity index (χ0n) is 11.0. The summed E-state index contributed by atoms with van der Waals surface area (Å²) in [6.07, 6.45) is 10.2. The fraction of sp³-hybridized carbons (Fsp3) is 0.583. The van der Waals surface area contributed by atoms with Crippen LogP contribution in [-0.2, 0) is 4.74 Å². The van der Waals surface area contributed by atoms with Crippen LogP contribution in [0.15, 0.2) is 39.9 Å². The van der Waals surface area contributed by atoms with E-state index in [-0.39, 0.29) is 11.6 Å². The van der Waals surface area contributed by atoms with E-state index in [1.165, 1.54) is 0 Å². The average molecular weight is 249 g/mol. The molecule has 6 nitrogen and oxygen atoms in total. The lowest BCUT2D eigenvalue weighted by molar-refractivity contribution is 0.0576. The SMILES string of the molecule is COC1C/C=C\C=C/C(C)(N2N=NNN=C2C)C1. The van der Waals surface area contributed by atoms with Gasteiger partial charge in [-0.25, -0.2) is 5.01 Å². The third-order valence-corrected chi connectivity index (χ3v) is 3.26. The Labute approximate surface area is 107 Å². The molecule has 0 saturated carbocycles. The summed E-state index contributed by atoms with van der Waals surface area (Å²) in [6, 6.07) is 0. The van der Waals surface area contributed by atoms with Crippen molar-refractivity contribution >= 4 is 5.84 Å². The molecule has 98 valence electrons. The van der Waals surface area contributed by atoms with Crippen LogP contribution in [0.3, 0.4) is 0 Å². The number of amidine groups is 1. The van der Waals surface area contributed by atoms with Crippen LogP contribution in [0.25, 0.3) is 0 Å². The number of ether oxygens (including phenoxy) is 1. The molecule has 0 aromatic rings. The summed E-state index contributed by atoms with van der Waals surface area (Å²) in [5.41, 5.74) is 2.22. The van der Waals surface area contributed by atoms with Gasteiger partial charge < -0.3 is 4.74 Å². The highest BCUT2D eigenvalue weighted by Crippen LogP contribution is 2.28. The largest absolute Gasteiger partial charge is 0.381 e. The second-order valence-electron chi connectivity index (χ2n) is 4.70. The van der Waals surface area contributed by atoms with E-state index in [9.17, 15) is 0 Å². The fourth-order valence-corrected chi connectivity index (χ4v) is 2.26. The lowest BCUT2D eigenvalue weighted by atomic mass is 9.90. The predicted molar refractivity (Wildman–Crippen MR) is 69.7 cm³/mol. The molecule has 1 aliphatic heterocycles. The molecule has 0 saturated heterocycles. The summed E-state index contributed by atoms with van der Waals surface area (Å²) < 4.78 is 5.51. The number of hydrazone groups is 1. The van der Waals surface area contributed by atoms with Gasteiger partial charge in [-0.15, -0.1) is 5.10 Å². The Morgan fingerprint density at radius 3 is 3.06 bits per heavy atom. The molecular weight excluding hydrogens is 230 g/mol. The molecule has 0 radical (unpaired) electrons. The van der Waals surface area contributed by atoms with E-state index in [2.05, 4.69) is 40.2 Å². The molecule has 18 heavy (non-hydrogen) atoms. The smallest absolute Gasteiger partial charge is 0.146 e. The quantitative estimate of drug-likeness (QED) is 0.816. The summed E-state index contributed by atoms with van der Waals surface area (Å²) in [5.74, 6) is 0.788. The van der Waals surface area contributed by atoms with E-state index < -0.39 is 0 Å². The van der Waals surface area contributed by atoms with Gasteiger partial charge in [0.1, 0.15) is 5.84 Å². The minimum Gasteiger partial charge on any atom is -0.381 e. The van der Waals surface area contributed by atoms with Gasteiger partial charge in [0, 0.05) is 13.5 Å². The van der Waals surface area contributed by atoms with Crippen molar-refractivity contribution in [2.75, 3.05) is 7.11 Å². The maximum Gasteiger partial charge on any atom is 0.146 e. The van der Waals surface area contributed by atoms with Crippen molar-refractivity contribution in [3.05, 3.63) is 24.3 Å². The first kappa shape index (κ1) is 12.8. The molecule has 0 fully saturated rings. The van der Waals surface area contributed by atoms with Crippen LogP contribution in [0.4, 0.5) is 0 Å². The Morgan fingerprint density at radius 2 is 2.33 bits per heavy atom. The lowest BCUT2D eigenvalue weighted by Gasteiger charge is -2.38. The van der Waals surface area contributed by atoms with Gasteiger partial charge in [-0.3, -0.25) is 0 Å². The molecule has 6 heteroatoms. The van der Waals surface area contributed by atoms with E-state index >= 15 is 0 Å². The van der Waals surface area contributed by atoms with Gasteiger partial charge in [-0.05, 0) is 30.7 Å². The molecule has 2 rings (SSSR count). The van der Waals surface area contributed by atoms with E-state index in [0.717, 1.165) is 18.7 Å². The zero-order valence-corrected chi connectivity index (χ0v) is 11.0.